The van der Waals surface area contributed by atoms with Gasteiger partial charge in [-0.15, -0.1) is 16.2 Å². The molecule has 0 radical (unpaired) electrons. The molecule has 0 aliphatic heterocycles. The van der Waals surface area contributed by atoms with E-state index in [1.807, 2.05) is 4.83 Å². The molecule has 1 aromatic carbocycles. The predicted octanol–water partition coefficient (Wildman–Crippen LogP) is 1.82. The first-order chi connectivity index (χ1) is 9.38. The summed E-state index contributed by atoms with van der Waals surface area (Å²) in [4.78, 5) is 14.5. The third-order valence-electron chi connectivity index (χ3n) is 2.39. The minimum absolute atomic E-state index is 0.106. The van der Waals surface area contributed by atoms with Gasteiger partial charge in [0.25, 0.3) is 15.9 Å². The van der Waals surface area contributed by atoms with E-state index in [1.165, 1.54) is 18.2 Å². The Morgan fingerprint density at radius 1 is 1.15 bits per heavy atom. The molecular weight excluding hydrogens is 303 g/mol. The third kappa shape index (κ3) is 3.41. The van der Waals surface area contributed by atoms with Crippen molar-refractivity contribution in [3.8, 4) is 0 Å². The minimum atomic E-state index is -3.79. The summed E-state index contributed by atoms with van der Waals surface area (Å²) in [6.07, 6.45) is 0. The summed E-state index contributed by atoms with van der Waals surface area (Å²) in [6, 6.07) is 7.87. The number of hydrogen-bond donors (Lipinski definition) is 2. The number of aryl methyl sites for hydroxylation is 1. The monoisotopic (exact) mass is 314 g/mol. The molecular formula is C12H11FN2O3S2. The maximum Gasteiger partial charge on any atom is 0.266 e. The number of sulfonamides is 1. The van der Waals surface area contributed by atoms with Gasteiger partial charge in [0.1, 0.15) is 10.0 Å². The molecule has 0 saturated carbocycles. The molecule has 0 spiro atoms. The van der Waals surface area contributed by atoms with Gasteiger partial charge in [-0.1, -0.05) is 0 Å². The van der Waals surface area contributed by atoms with Crippen molar-refractivity contribution in [3.05, 3.63) is 52.7 Å². The van der Waals surface area contributed by atoms with Crippen molar-refractivity contribution in [1.82, 2.24) is 10.3 Å². The number of carbonyl (C=O) groups excluding carboxylic acids is 1. The van der Waals surface area contributed by atoms with Gasteiger partial charge >= 0.3 is 0 Å². The summed E-state index contributed by atoms with van der Waals surface area (Å²) in [6.45, 7) is 1.78. The summed E-state index contributed by atoms with van der Waals surface area (Å²) >= 11 is 1.09. The van der Waals surface area contributed by atoms with Gasteiger partial charge in [0.15, 0.2) is 0 Å². The Kier molecular flexibility index (Phi) is 4.17. The zero-order valence-corrected chi connectivity index (χ0v) is 12.0. The quantitative estimate of drug-likeness (QED) is 0.845. The average molecular weight is 314 g/mol. The van der Waals surface area contributed by atoms with E-state index in [0.717, 1.165) is 28.3 Å². The largest absolute Gasteiger partial charge is 0.273 e. The zero-order chi connectivity index (χ0) is 14.8. The highest BCUT2D eigenvalue weighted by molar-refractivity contribution is 7.91. The highest BCUT2D eigenvalue weighted by atomic mass is 32.2. The molecule has 0 aliphatic carbocycles. The number of amides is 1. The van der Waals surface area contributed by atoms with E-state index in [4.69, 9.17) is 0 Å². The molecule has 0 unspecified atom stereocenters. The van der Waals surface area contributed by atoms with Crippen LogP contribution in [-0.2, 0) is 10.0 Å². The summed E-state index contributed by atoms with van der Waals surface area (Å²) in [7, 11) is -3.79. The second kappa shape index (κ2) is 5.70. The highest BCUT2D eigenvalue weighted by Gasteiger charge is 2.17. The fourth-order valence-electron chi connectivity index (χ4n) is 1.39. The van der Waals surface area contributed by atoms with Crippen LogP contribution in [0.25, 0.3) is 0 Å². The first-order valence-electron chi connectivity index (χ1n) is 5.52. The predicted molar refractivity (Wildman–Crippen MR) is 73.2 cm³/mol. The third-order valence-corrected chi connectivity index (χ3v) is 5.13. The van der Waals surface area contributed by atoms with Crippen molar-refractivity contribution in [2.24, 2.45) is 0 Å². The lowest BCUT2D eigenvalue weighted by molar-refractivity contribution is 0.0945. The molecule has 1 heterocycles. The number of benzene rings is 1. The number of rotatable bonds is 4. The fraction of sp³-hybridized carbons (Fsp3) is 0.0833. The van der Waals surface area contributed by atoms with Crippen molar-refractivity contribution in [1.29, 1.82) is 0 Å². The molecule has 8 heteroatoms. The Hall–Kier alpha value is -1.77. The van der Waals surface area contributed by atoms with Crippen molar-refractivity contribution in [2.75, 3.05) is 0 Å². The normalized spacial score (nSPS) is 11.3. The number of hydrogen-bond acceptors (Lipinski definition) is 4. The molecule has 1 amide bonds. The van der Waals surface area contributed by atoms with Crippen LogP contribution in [0.15, 0.2) is 40.6 Å². The fourth-order valence-corrected chi connectivity index (χ4v) is 3.52. The van der Waals surface area contributed by atoms with E-state index in [2.05, 4.69) is 5.43 Å². The standard InChI is InChI=1S/C12H11FN2O3S2/c1-8-2-7-11(19-8)20(17,18)15-14-12(16)9-3-5-10(13)6-4-9/h2-7,15H,1H3,(H,14,16). The topological polar surface area (TPSA) is 75.3 Å². The summed E-state index contributed by atoms with van der Waals surface area (Å²) in [5.41, 5.74) is 2.22. The van der Waals surface area contributed by atoms with Crippen LogP contribution in [0.3, 0.4) is 0 Å². The maximum atomic E-state index is 12.7. The van der Waals surface area contributed by atoms with Gasteiger partial charge in [-0.3, -0.25) is 10.2 Å². The van der Waals surface area contributed by atoms with E-state index >= 15 is 0 Å². The molecule has 0 fully saturated rings. The molecule has 2 rings (SSSR count). The molecule has 106 valence electrons. The van der Waals surface area contributed by atoms with Crippen LogP contribution in [0, 0.1) is 12.7 Å². The van der Waals surface area contributed by atoms with Crippen LogP contribution in [0.5, 0.6) is 0 Å². The lowest BCUT2D eigenvalue weighted by Crippen LogP contribution is -2.41. The Bertz CT molecular complexity index is 723. The van der Waals surface area contributed by atoms with Crippen molar-refractivity contribution in [3.63, 3.8) is 0 Å². The van der Waals surface area contributed by atoms with Gasteiger partial charge in [-0.25, -0.2) is 12.8 Å². The summed E-state index contributed by atoms with van der Waals surface area (Å²) < 4.78 is 36.5. The van der Waals surface area contributed by atoms with E-state index in [9.17, 15) is 17.6 Å². The molecule has 1 aromatic heterocycles. The molecule has 2 N–H and O–H groups in total. The van der Waals surface area contributed by atoms with E-state index in [-0.39, 0.29) is 9.77 Å². The lowest BCUT2D eigenvalue weighted by Gasteiger charge is -2.06. The number of thiophene rings is 1. The Balaban J connectivity index is 2.05. The molecule has 20 heavy (non-hydrogen) atoms. The Morgan fingerprint density at radius 2 is 1.80 bits per heavy atom. The molecule has 2 aromatic rings. The van der Waals surface area contributed by atoms with Crippen LogP contribution in [0.1, 0.15) is 15.2 Å². The van der Waals surface area contributed by atoms with Gasteiger partial charge in [0, 0.05) is 10.4 Å². The number of nitrogens with one attached hydrogen (secondary N) is 2. The van der Waals surface area contributed by atoms with Gasteiger partial charge in [0.2, 0.25) is 0 Å². The SMILES string of the molecule is Cc1ccc(S(=O)(=O)NNC(=O)c2ccc(F)cc2)s1. The molecule has 0 bridgehead atoms. The molecule has 5 nitrogen and oxygen atoms in total. The van der Waals surface area contributed by atoms with Crippen LogP contribution >= 0.6 is 11.3 Å². The van der Waals surface area contributed by atoms with E-state index in [1.54, 1.807) is 13.0 Å². The van der Waals surface area contributed by atoms with Crippen LogP contribution in [0.4, 0.5) is 4.39 Å². The molecule has 0 aliphatic rings. The van der Waals surface area contributed by atoms with Gasteiger partial charge < -0.3 is 0 Å². The Morgan fingerprint density at radius 3 is 2.35 bits per heavy atom. The molecule has 0 saturated heterocycles. The first kappa shape index (κ1) is 14.6. The number of hydrazine groups is 1. The van der Waals surface area contributed by atoms with Gasteiger partial charge in [-0.2, -0.15) is 0 Å². The smallest absolute Gasteiger partial charge is 0.266 e. The van der Waals surface area contributed by atoms with Crippen LogP contribution in [-0.4, -0.2) is 14.3 Å². The maximum absolute atomic E-state index is 12.7. The minimum Gasteiger partial charge on any atom is -0.273 e. The van der Waals surface area contributed by atoms with Crippen molar-refractivity contribution >= 4 is 27.3 Å². The van der Waals surface area contributed by atoms with Gasteiger partial charge in [-0.05, 0) is 43.3 Å². The second-order valence-electron chi connectivity index (χ2n) is 3.93. The second-order valence-corrected chi connectivity index (χ2v) is 7.13. The van der Waals surface area contributed by atoms with Crippen molar-refractivity contribution in [2.45, 2.75) is 11.1 Å². The van der Waals surface area contributed by atoms with E-state index in [0.29, 0.717) is 0 Å². The van der Waals surface area contributed by atoms with E-state index < -0.39 is 21.7 Å². The van der Waals surface area contributed by atoms with Gasteiger partial charge in [0.05, 0.1) is 0 Å². The Labute approximate surface area is 119 Å². The zero-order valence-electron chi connectivity index (χ0n) is 10.4. The van der Waals surface area contributed by atoms with Crippen LogP contribution < -0.4 is 10.3 Å². The first-order valence-corrected chi connectivity index (χ1v) is 7.82. The average Bonchev–Trinajstić information content (AvgIpc) is 2.84. The summed E-state index contributed by atoms with van der Waals surface area (Å²) in [5, 5.41) is 0. The van der Waals surface area contributed by atoms with Crippen molar-refractivity contribution < 1.29 is 17.6 Å². The molecule has 0 atom stereocenters. The summed E-state index contributed by atoms with van der Waals surface area (Å²) in [5.74, 6) is -1.14. The highest BCUT2D eigenvalue weighted by Crippen LogP contribution is 2.19. The number of halogens is 1. The van der Waals surface area contributed by atoms with Crippen LogP contribution in [0.2, 0.25) is 0 Å². The lowest BCUT2D eigenvalue weighted by atomic mass is 10.2. The number of carbonyl (C=O) groups is 1.